The van der Waals surface area contributed by atoms with Gasteiger partial charge in [-0.2, -0.15) is 0 Å². The fourth-order valence-electron chi connectivity index (χ4n) is 11.2. The Kier molecular flexibility index (Phi) is 33.6. The predicted octanol–water partition coefficient (Wildman–Crippen LogP) is 8.69. The van der Waals surface area contributed by atoms with Crippen LogP contribution in [0, 0.1) is 5.41 Å². The van der Waals surface area contributed by atoms with E-state index in [1.807, 2.05) is 0 Å². The second kappa shape index (κ2) is 35.2. The molecule has 3 aromatic carbocycles. The molecule has 4 rings (SSSR count). The van der Waals surface area contributed by atoms with Crippen molar-refractivity contribution in [3.8, 4) is 0 Å². The summed E-state index contributed by atoms with van der Waals surface area (Å²) in [7, 11) is -2.96. The van der Waals surface area contributed by atoms with Gasteiger partial charge in [-0.25, -0.2) is 0 Å². The zero-order chi connectivity index (χ0) is 47.0. The molecule has 5 heteroatoms. The largest absolute Gasteiger partial charge is 1.00 e. The molecule has 1 unspecified atom stereocenters. The molecule has 1 atom stereocenters. The Bertz CT molecular complexity index is 1610. The second-order valence-electron chi connectivity index (χ2n) is 21.7. The minimum absolute atomic E-state index is 0. The molecule has 0 radical (unpaired) electrons. The van der Waals surface area contributed by atoms with E-state index in [1.54, 1.807) is 54.5 Å². The Labute approximate surface area is 453 Å². The third kappa shape index (κ3) is 19.4. The summed E-state index contributed by atoms with van der Waals surface area (Å²) in [5.74, 6) is 0. The fraction of sp³-hybridized carbons (Fsp3) is 0.651. The molecular formula is C63H99Cl3SiTi. The molecule has 0 aliphatic heterocycles. The average Bonchev–Trinajstić information content (AvgIpc) is 3.70. The summed E-state index contributed by atoms with van der Waals surface area (Å²) in [4.78, 5) is 0. The quantitative estimate of drug-likeness (QED) is 0.0320. The van der Waals surface area contributed by atoms with Crippen LogP contribution in [0.3, 0.4) is 0 Å². The summed E-state index contributed by atoms with van der Waals surface area (Å²) < 4.78 is -0.147. The zero-order valence-corrected chi connectivity index (χ0v) is 50.1. The van der Waals surface area contributed by atoms with Gasteiger partial charge in [0.05, 0.1) is 0 Å². The number of aryl methyl sites for hydroxylation is 6. The third-order valence-corrected chi connectivity index (χ3v) is 22.3. The summed E-state index contributed by atoms with van der Waals surface area (Å²) in [6, 6.07) is 24.9. The van der Waals surface area contributed by atoms with Crippen LogP contribution in [0.5, 0.6) is 0 Å². The number of benzene rings is 3. The maximum absolute atomic E-state index is 2.96. The van der Waals surface area contributed by atoms with E-state index in [-0.39, 0.29) is 46.0 Å². The van der Waals surface area contributed by atoms with Gasteiger partial charge in [-0.15, -0.1) is 0 Å². The molecule has 68 heavy (non-hydrogen) atoms. The number of unbranched alkanes of at least 4 members (excludes halogenated alkanes) is 18. The van der Waals surface area contributed by atoms with Crippen LogP contribution < -0.4 is 52.8 Å². The molecule has 0 nitrogen and oxygen atoms in total. The molecule has 3 aromatic rings. The van der Waals surface area contributed by atoms with Gasteiger partial charge in [0, 0.05) is 0 Å². The van der Waals surface area contributed by atoms with Crippen molar-refractivity contribution in [1.82, 2.24) is 0 Å². The maximum Gasteiger partial charge on any atom is -1.00 e. The number of halogens is 3. The van der Waals surface area contributed by atoms with Crippen LogP contribution in [0.2, 0.25) is 3.34 Å². The first-order chi connectivity index (χ1) is 31.5. The monoisotopic (exact) mass is 1040 g/mol. The molecule has 1 aliphatic carbocycles. The minimum Gasteiger partial charge on any atom is -1.00 e. The first-order valence-electron chi connectivity index (χ1n) is 28.1. The summed E-state index contributed by atoms with van der Waals surface area (Å²) >= 11 is 2.73. The smallest absolute Gasteiger partial charge is 1.00 e. The zero-order valence-electron chi connectivity index (χ0n) is 45.3. The topological polar surface area (TPSA) is 0 Å². The molecule has 0 spiro atoms. The fourth-order valence-corrected chi connectivity index (χ4v) is 20.1. The SMILES string of the molecule is CCCCCCc1cc(CCCCCC)cc([Si](c2cc(CCCCCC)cc(CCCCCC)c2)(c2cc(CCCCCC)cc(CCCCCC)c2)[C]2([Ti+3])C=CC=C2C(C)(C)C)c1.[Cl-].[Cl-].[Cl-]. The first-order valence-corrected chi connectivity index (χ1v) is 30.8. The van der Waals surface area contributed by atoms with Crippen molar-refractivity contribution in [1.29, 1.82) is 0 Å². The maximum atomic E-state index is 2.81. The van der Waals surface area contributed by atoms with E-state index < -0.39 is 8.07 Å². The number of hydrogen-bond acceptors (Lipinski definition) is 0. The van der Waals surface area contributed by atoms with Crippen molar-refractivity contribution in [2.24, 2.45) is 5.41 Å². The number of hydrogen-bond donors (Lipinski definition) is 0. The van der Waals surface area contributed by atoms with Crippen molar-refractivity contribution >= 4 is 23.6 Å². The van der Waals surface area contributed by atoms with Gasteiger partial charge < -0.3 is 37.2 Å². The Balaban J connectivity index is 0.00000771. The summed E-state index contributed by atoms with van der Waals surface area (Å²) in [5, 5.41) is 5.04. The molecule has 0 saturated heterocycles. The Morgan fingerprint density at radius 1 is 0.368 bits per heavy atom. The van der Waals surface area contributed by atoms with E-state index in [2.05, 4.69) is 156 Å². The Morgan fingerprint density at radius 2 is 0.603 bits per heavy atom. The van der Waals surface area contributed by atoms with Gasteiger partial charge in [0.25, 0.3) is 0 Å². The standard InChI is InChI=1S/C63H99Si.3ClH.Ti/c1-10-16-22-28-35-52-43-53(36-29-23-17-11-2)47-58(46-52)64(62-42-34-41-61(62)63(7,8)9,59-48-54(37-30-24-18-12-3)44-55(49-59)38-31-25-19-13-4)60-50-56(39-32-26-20-14-5)45-57(51-60)40-33-27-21-15-6;;;;/h34,41-51H,10-33,35-40H2,1-9H3;3*1H;/q;;;;+3/p-3. The molecule has 0 amide bonds. The molecular weight excluding hydrogens is 939 g/mol. The van der Waals surface area contributed by atoms with Crippen molar-refractivity contribution in [2.75, 3.05) is 0 Å². The summed E-state index contributed by atoms with van der Waals surface area (Å²) in [5.41, 5.74) is 11.2. The molecule has 0 aromatic heterocycles. The average molecular weight is 1040 g/mol. The first kappa shape index (κ1) is 65.0. The third-order valence-electron chi connectivity index (χ3n) is 14.8. The normalized spacial score (nSPS) is 14.7. The Morgan fingerprint density at radius 3 is 0.809 bits per heavy atom. The van der Waals surface area contributed by atoms with Crippen molar-refractivity contribution in [3.05, 3.63) is 112 Å². The molecule has 0 heterocycles. The van der Waals surface area contributed by atoms with Gasteiger partial charge in [-0.05, 0) is 0 Å². The summed E-state index contributed by atoms with van der Waals surface area (Å²) in [6.45, 7) is 21.7. The van der Waals surface area contributed by atoms with E-state index >= 15 is 0 Å². The van der Waals surface area contributed by atoms with E-state index in [9.17, 15) is 0 Å². The summed E-state index contributed by atoms with van der Waals surface area (Å²) in [6.07, 6.45) is 46.4. The van der Waals surface area contributed by atoms with E-state index in [0.717, 1.165) is 0 Å². The van der Waals surface area contributed by atoms with Crippen molar-refractivity contribution in [3.63, 3.8) is 0 Å². The van der Waals surface area contributed by atoms with Crippen LogP contribution in [-0.4, -0.2) is 8.07 Å². The van der Waals surface area contributed by atoms with Crippen LogP contribution in [0.15, 0.2) is 78.4 Å². The number of allylic oxidation sites excluding steroid dienone is 4. The Hall–Kier alpha value is -1.06. The molecule has 0 bridgehead atoms. The van der Waals surface area contributed by atoms with Crippen LogP contribution in [-0.2, 0) is 59.0 Å². The van der Waals surface area contributed by atoms with Crippen molar-refractivity contribution < 1.29 is 57.7 Å². The van der Waals surface area contributed by atoms with Crippen LogP contribution in [0.25, 0.3) is 0 Å². The van der Waals surface area contributed by atoms with Crippen LogP contribution >= 0.6 is 0 Å². The molecule has 0 saturated carbocycles. The van der Waals surface area contributed by atoms with Gasteiger partial charge >= 0.3 is 420 Å². The molecule has 0 fully saturated rings. The number of rotatable bonds is 34. The minimum atomic E-state index is -2.96. The predicted molar refractivity (Wildman–Crippen MR) is 290 cm³/mol. The van der Waals surface area contributed by atoms with Crippen LogP contribution in [0.4, 0.5) is 0 Å². The molecule has 1 aliphatic rings. The van der Waals surface area contributed by atoms with Crippen LogP contribution in [0.1, 0.15) is 250 Å². The van der Waals surface area contributed by atoms with E-state index in [1.165, 1.54) is 193 Å². The van der Waals surface area contributed by atoms with Gasteiger partial charge in [0.1, 0.15) is 0 Å². The van der Waals surface area contributed by atoms with Gasteiger partial charge in [0.15, 0.2) is 0 Å². The molecule has 380 valence electrons. The van der Waals surface area contributed by atoms with Gasteiger partial charge in [-0.1, -0.05) is 0 Å². The van der Waals surface area contributed by atoms with E-state index in [4.69, 9.17) is 0 Å². The van der Waals surface area contributed by atoms with Gasteiger partial charge in [0.2, 0.25) is 0 Å². The second-order valence-corrected chi connectivity index (χ2v) is 27.8. The van der Waals surface area contributed by atoms with Crippen molar-refractivity contribution in [2.45, 2.75) is 258 Å². The van der Waals surface area contributed by atoms with Gasteiger partial charge in [-0.3, -0.25) is 0 Å². The molecule has 0 N–H and O–H groups in total. The van der Waals surface area contributed by atoms with E-state index in [0.29, 0.717) is 0 Å².